The number of para-hydroxylation sites is 1. The lowest BCUT2D eigenvalue weighted by atomic mass is 10.2. The van der Waals surface area contributed by atoms with Gasteiger partial charge in [-0.15, -0.1) is 0 Å². The van der Waals surface area contributed by atoms with E-state index in [2.05, 4.69) is 31.4 Å². The van der Waals surface area contributed by atoms with Crippen molar-refractivity contribution in [3.63, 3.8) is 0 Å². The summed E-state index contributed by atoms with van der Waals surface area (Å²) in [6, 6.07) is 19.9. The van der Waals surface area contributed by atoms with E-state index < -0.39 is 0 Å². The van der Waals surface area contributed by atoms with Crippen molar-refractivity contribution in [3.05, 3.63) is 87.1 Å². The number of hydrogen-bond donors (Lipinski definition) is 1. The summed E-state index contributed by atoms with van der Waals surface area (Å²) in [7, 11) is 1.56. The van der Waals surface area contributed by atoms with Crippen LogP contribution in [0, 0.1) is 0 Å². The SMILES string of the molecule is CCOc1ccc(/C=N\NC(=O)CSc2nc3ccccc3c(=O)n2-c2ccc(Br)cc2)cc1OC. The molecular formula is C26H23BrN4O4S. The lowest BCUT2D eigenvalue weighted by Gasteiger charge is -2.13. The monoisotopic (exact) mass is 566 g/mol. The lowest BCUT2D eigenvalue weighted by molar-refractivity contribution is -0.118. The third kappa shape index (κ3) is 5.95. The van der Waals surface area contributed by atoms with Gasteiger partial charge in [-0.1, -0.05) is 39.8 Å². The predicted octanol–water partition coefficient (Wildman–Crippen LogP) is 4.80. The number of ether oxygens (including phenoxy) is 2. The van der Waals surface area contributed by atoms with Gasteiger partial charge in [0.25, 0.3) is 11.5 Å². The van der Waals surface area contributed by atoms with Gasteiger partial charge >= 0.3 is 0 Å². The molecule has 8 nitrogen and oxygen atoms in total. The average Bonchev–Trinajstić information content (AvgIpc) is 2.89. The molecule has 0 atom stereocenters. The highest BCUT2D eigenvalue weighted by Crippen LogP contribution is 2.27. The third-order valence-electron chi connectivity index (χ3n) is 5.05. The van der Waals surface area contributed by atoms with Crippen LogP contribution in [0.1, 0.15) is 12.5 Å². The zero-order valence-corrected chi connectivity index (χ0v) is 22.0. The molecule has 1 amide bonds. The Morgan fingerprint density at radius 3 is 2.67 bits per heavy atom. The van der Waals surface area contributed by atoms with Gasteiger partial charge in [0.05, 0.1) is 42.3 Å². The topological polar surface area (TPSA) is 94.8 Å². The van der Waals surface area contributed by atoms with E-state index in [1.807, 2.05) is 43.3 Å². The minimum atomic E-state index is -0.334. The fourth-order valence-corrected chi connectivity index (χ4v) is 4.48. The largest absolute Gasteiger partial charge is 0.493 e. The normalized spacial score (nSPS) is 11.1. The Kier molecular flexibility index (Phi) is 8.40. The van der Waals surface area contributed by atoms with Gasteiger partial charge < -0.3 is 9.47 Å². The molecular weight excluding hydrogens is 544 g/mol. The van der Waals surface area contributed by atoms with Crippen LogP contribution in [0.3, 0.4) is 0 Å². The Morgan fingerprint density at radius 2 is 1.92 bits per heavy atom. The Balaban J connectivity index is 1.50. The van der Waals surface area contributed by atoms with Crippen LogP contribution < -0.4 is 20.5 Å². The first kappa shape index (κ1) is 25.5. The van der Waals surface area contributed by atoms with E-state index in [-0.39, 0.29) is 17.2 Å². The summed E-state index contributed by atoms with van der Waals surface area (Å²) in [5.41, 5.74) is 4.28. The second-order valence-corrected chi connectivity index (χ2v) is 9.31. The summed E-state index contributed by atoms with van der Waals surface area (Å²) in [4.78, 5) is 30.4. The van der Waals surface area contributed by atoms with Gasteiger partial charge in [-0.3, -0.25) is 14.2 Å². The van der Waals surface area contributed by atoms with Crippen LogP contribution in [0.15, 0.2) is 86.3 Å². The number of hydrazone groups is 1. The highest BCUT2D eigenvalue weighted by Gasteiger charge is 2.15. The van der Waals surface area contributed by atoms with Gasteiger partial charge in [0.1, 0.15) is 0 Å². The van der Waals surface area contributed by atoms with E-state index >= 15 is 0 Å². The van der Waals surface area contributed by atoms with Crippen molar-refractivity contribution in [1.82, 2.24) is 15.0 Å². The quantitative estimate of drug-likeness (QED) is 0.135. The van der Waals surface area contributed by atoms with E-state index in [0.29, 0.717) is 39.9 Å². The van der Waals surface area contributed by atoms with Crippen LogP contribution in [0.25, 0.3) is 16.6 Å². The molecule has 36 heavy (non-hydrogen) atoms. The minimum Gasteiger partial charge on any atom is -0.493 e. The highest BCUT2D eigenvalue weighted by molar-refractivity contribution is 9.10. The number of rotatable bonds is 9. The first-order valence-electron chi connectivity index (χ1n) is 11.0. The van der Waals surface area contributed by atoms with E-state index in [0.717, 1.165) is 21.8 Å². The van der Waals surface area contributed by atoms with Crippen LogP contribution in [0.4, 0.5) is 0 Å². The second kappa shape index (κ2) is 11.9. The number of fused-ring (bicyclic) bond motifs is 1. The number of aromatic nitrogens is 2. The molecule has 1 N–H and O–H groups in total. The number of carbonyl (C=O) groups excluding carboxylic acids is 1. The summed E-state index contributed by atoms with van der Waals surface area (Å²) in [6.07, 6.45) is 1.52. The Morgan fingerprint density at radius 1 is 1.14 bits per heavy atom. The summed E-state index contributed by atoms with van der Waals surface area (Å²) < 4.78 is 13.2. The maximum absolute atomic E-state index is 13.3. The first-order chi connectivity index (χ1) is 17.5. The molecule has 3 aromatic carbocycles. The summed E-state index contributed by atoms with van der Waals surface area (Å²) >= 11 is 4.58. The number of carbonyl (C=O) groups is 1. The van der Waals surface area contributed by atoms with E-state index in [9.17, 15) is 9.59 Å². The fraction of sp³-hybridized carbons (Fsp3) is 0.154. The second-order valence-electron chi connectivity index (χ2n) is 7.45. The van der Waals surface area contributed by atoms with E-state index in [4.69, 9.17) is 9.47 Å². The zero-order chi connectivity index (χ0) is 25.5. The molecule has 0 aliphatic carbocycles. The molecule has 1 heterocycles. The fourth-order valence-electron chi connectivity index (χ4n) is 3.41. The number of amides is 1. The van der Waals surface area contributed by atoms with Crippen molar-refractivity contribution in [2.24, 2.45) is 5.10 Å². The number of nitrogens with zero attached hydrogens (tertiary/aromatic N) is 3. The van der Waals surface area contributed by atoms with Crippen LogP contribution >= 0.6 is 27.7 Å². The number of nitrogens with one attached hydrogen (secondary N) is 1. The van der Waals surface area contributed by atoms with Crippen molar-refractivity contribution in [1.29, 1.82) is 0 Å². The standard InChI is InChI=1S/C26H23BrN4O4S/c1-3-35-22-13-8-17(14-23(22)34-2)15-28-30-24(32)16-36-26-29-21-7-5-4-6-20(21)25(33)31(26)19-11-9-18(27)10-12-19/h4-15H,3,16H2,1-2H3,(H,30,32)/b28-15-. The van der Waals surface area contributed by atoms with Gasteiger partial charge in [0.15, 0.2) is 16.7 Å². The molecule has 0 radical (unpaired) electrons. The number of hydrogen-bond acceptors (Lipinski definition) is 7. The van der Waals surface area contributed by atoms with Crippen LogP contribution in [-0.4, -0.2) is 41.1 Å². The summed E-state index contributed by atoms with van der Waals surface area (Å²) in [5.74, 6) is 0.901. The zero-order valence-electron chi connectivity index (χ0n) is 19.6. The van der Waals surface area contributed by atoms with Crippen molar-refractivity contribution in [2.75, 3.05) is 19.5 Å². The number of methoxy groups -OCH3 is 1. The molecule has 1 aromatic heterocycles. The average molecular weight is 567 g/mol. The number of benzene rings is 3. The van der Waals surface area contributed by atoms with Gasteiger partial charge in [-0.05, 0) is 67.1 Å². The van der Waals surface area contributed by atoms with Crippen molar-refractivity contribution in [3.8, 4) is 17.2 Å². The molecule has 0 saturated carbocycles. The smallest absolute Gasteiger partial charge is 0.266 e. The molecule has 0 aliphatic rings. The third-order valence-corrected chi connectivity index (χ3v) is 6.52. The molecule has 0 fully saturated rings. The van der Waals surface area contributed by atoms with Gasteiger partial charge in [0.2, 0.25) is 0 Å². The molecule has 0 bridgehead atoms. The van der Waals surface area contributed by atoms with Gasteiger partial charge in [0, 0.05) is 4.47 Å². The Labute approximate surface area is 220 Å². The van der Waals surface area contributed by atoms with Crippen molar-refractivity contribution >= 4 is 50.7 Å². The van der Waals surface area contributed by atoms with E-state index in [1.165, 1.54) is 10.8 Å². The molecule has 0 spiro atoms. The summed E-state index contributed by atoms with van der Waals surface area (Å²) in [6.45, 7) is 2.42. The number of thioether (sulfide) groups is 1. The van der Waals surface area contributed by atoms with Crippen LogP contribution in [0.2, 0.25) is 0 Å². The summed E-state index contributed by atoms with van der Waals surface area (Å²) in [5, 5.41) is 4.95. The molecule has 10 heteroatoms. The minimum absolute atomic E-state index is 0.0191. The maximum atomic E-state index is 13.3. The van der Waals surface area contributed by atoms with Crippen LogP contribution in [0.5, 0.6) is 11.5 Å². The Bertz CT molecular complexity index is 1470. The molecule has 0 saturated heterocycles. The predicted molar refractivity (Wildman–Crippen MR) is 146 cm³/mol. The highest BCUT2D eigenvalue weighted by atomic mass is 79.9. The van der Waals surface area contributed by atoms with E-state index in [1.54, 1.807) is 37.4 Å². The Hall–Kier alpha value is -3.63. The maximum Gasteiger partial charge on any atom is 0.266 e. The lowest BCUT2D eigenvalue weighted by Crippen LogP contribution is -2.24. The molecule has 0 unspecified atom stereocenters. The molecule has 4 rings (SSSR count). The van der Waals surface area contributed by atoms with Gasteiger partial charge in [-0.2, -0.15) is 5.10 Å². The van der Waals surface area contributed by atoms with Crippen molar-refractivity contribution < 1.29 is 14.3 Å². The molecule has 184 valence electrons. The molecule has 4 aromatic rings. The van der Waals surface area contributed by atoms with Gasteiger partial charge in [-0.25, -0.2) is 10.4 Å². The van der Waals surface area contributed by atoms with Crippen molar-refractivity contribution in [2.45, 2.75) is 12.1 Å². The van der Waals surface area contributed by atoms with Crippen LogP contribution in [-0.2, 0) is 4.79 Å². The molecule has 0 aliphatic heterocycles. The first-order valence-corrected chi connectivity index (χ1v) is 12.8. The number of halogens is 1.